The molecular weight excluding hydrogens is 281 g/mol. The summed E-state index contributed by atoms with van der Waals surface area (Å²) in [6, 6.07) is 4.62. The number of rotatable bonds is 7. The highest BCUT2D eigenvalue weighted by molar-refractivity contribution is 5.94. The maximum Gasteiger partial charge on any atom is 0.328 e. The molecule has 0 radical (unpaired) electrons. The first kappa shape index (κ1) is 16.6. The number of Topliss-reactive ketones (excluding diaryl/α,β-unsaturated/α-hetero) is 1. The second-order valence-corrected chi connectivity index (χ2v) is 4.40. The number of benzene rings is 1. The van der Waals surface area contributed by atoms with Crippen LogP contribution in [0, 0.1) is 0 Å². The van der Waals surface area contributed by atoms with Crippen LogP contribution in [0.15, 0.2) is 24.3 Å². The SMILES string of the molecule is CC(=O)c1cccc(OC(C)C(=O)NC(CF)C(=O)O)c1. The molecule has 0 aliphatic carbocycles. The van der Waals surface area contributed by atoms with Gasteiger partial charge >= 0.3 is 5.97 Å². The Labute approximate surface area is 120 Å². The number of carboxylic acid groups (broad SMARTS) is 1. The molecule has 0 heterocycles. The quantitative estimate of drug-likeness (QED) is 0.738. The lowest BCUT2D eigenvalue weighted by molar-refractivity contribution is -0.143. The molecule has 1 amide bonds. The number of hydrogen-bond donors (Lipinski definition) is 2. The maximum absolute atomic E-state index is 12.4. The lowest BCUT2D eigenvalue weighted by Crippen LogP contribution is -2.47. The number of ketones is 1. The number of ether oxygens (including phenoxy) is 1. The van der Waals surface area contributed by atoms with Gasteiger partial charge in [-0.05, 0) is 26.0 Å². The molecule has 2 atom stereocenters. The average molecular weight is 297 g/mol. The van der Waals surface area contributed by atoms with Crippen molar-refractivity contribution in [2.75, 3.05) is 6.67 Å². The van der Waals surface area contributed by atoms with Crippen molar-refractivity contribution in [1.82, 2.24) is 5.32 Å². The second kappa shape index (κ2) is 7.37. The number of aliphatic carboxylic acids is 1. The fraction of sp³-hybridized carbons (Fsp3) is 0.357. The molecule has 0 aliphatic heterocycles. The summed E-state index contributed by atoms with van der Waals surface area (Å²) >= 11 is 0. The fourth-order valence-electron chi connectivity index (χ4n) is 1.50. The summed E-state index contributed by atoms with van der Waals surface area (Å²) in [5, 5.41) is 10.7. The van der Waals surface area contributed by atoms with E-state index in [1.807, 2.05) is 5.32 Å². The monoisotopic (exact) mass is 297 g/mol. The molecule has 0 saturated carbocycles. The lowest BCUT2D eigenvalue weighted by atomic mass is 10.1. The van der Waals surface area contributed by atoms with Gasteiger partial charge < -0.3 is 15.2 Å². The van der Waals surface area contributed by atoms with Crippen molar-refractivity contribution in [3.63, 3.8) is 0 Å². The lowest BCUT2D eigenvalue weighted by Gasteiger charge is -2.17. The van der Waals surface area contributed by atoms with Gasteiger partial charge in [0.1, 0.15) is 12.4 Å². The number of amides is 1. The van der Waals surface area contributed by atoms with Gasteiger partial charge in [0.25, 0.3) is 5.91 Å². The van der Waals surface area contributed by atoms with Crippen LogP contribution in [0.1, 0.15) is 24.2 Å². The molecule has 0 saturated heterocycles. The molecule has 6 nitrogen and oxygen atoms in total. The van der Waals surface area contributed by atoms with Crippen molar-refractivity contribution >= 4 is 17.7 Å². The zero-order valence-corrected chi connectivity index (χ0v) is 11.6. The minimum absolute atomic E-state index is 0.152. The van der Waals surface area contributed by atoms with Crippen LogP contribution < -0.4 is 10.1 Å². The standard InChI is InChI=1S/C14H16FNO5/c1-8(17)10-4-3-5-11(6-10)21-9(2)13(18)16-12(7-15)14(19)20/h3-6,9,12H,7H2,1-2H3,(H,16,18)(H,19,20). The third-order valence-electron chi connectivity index (χ3n) is 2.69. The Hall–Kier alpha value is -2.44. The summed E-state index contributed by atoms with van der Waals surface area (Å²) < 4.78 is 17.7. The van der Waals surface area contributed by atoms with Gasteiger partial charge in [0.05, 0.1) is 0 Å². The van der Waals surface area contributed by atoms with Crippen molar-refractivity contribution < 1.29 is 28.6 Å². The maximum atomic E-state index is 12.4. The topological polar surface area (TPSA) is 92.7 Å². The molecule has 0 aliphatic rings. The molecule has 0 fully saturated rings. The largest absolute Gasteiger partial charge is 0.481 e. The van der Waals surface area contributed by atoms with Gasteiger partial charge in [-0.2, -0.15) is 0 Å². The van der Waals surface area contributed by atoms with E-state index in [0.29, 0.717) is 5.56 Å². The number of hydrogen-bond acceptors (Lipinski definition) is 4. The molecular formula is C14H16FNO5. The normalized spacial score (nSPS) is 13.1. The molecule has 1 aromatic rings. The van der Waals surface area contributed by atoms with E-state index in [1.54, 1.807) is 18.2 Å². The van der Waals surface area contributed by atoms with Gasteiger partial charge in [-0.15, -0.1) is 0 Å². The van der Waals surface area contributed by atoms with Crippen molar-refractivity contribution in [3.8, 4) is 5.75 Å². The van der Waals surface area contributed by atoms with E-state index < -0.39 is 30.7 Å². The van der Waals surface area contributed by atoms with Crippen LogP contribution in [0.2, 0.25) is 0 Å². The Bertz CT molecular complexity index is 546. The molecule has 0 aromatic heterocycles. The number of carbonyl (C=O) groups excluding carboxylic acids is 2. The van der Waals surface area contributed by atoms with E-state index in [9.17, 15) is 18.8 Å². The van der Waals surface area contributed by atoms with Crippen molar-refractivity contribution in [2.45, 2.75) is 26.0 Å². The Morgan fingerprint density at radius 3 is 2.57 bits per heavy atom. The van der Waals surface area contributed by atoms with E-state index in [1.165, 1.54) is 19.9 Å². The minimum Gasteiger partial charge on any atom is -0.481 e. The van der Waals surface area contributed by atoms with Crippen molar-refractivity contribution in [1.29, 1.82) is 0 Å². The molecule has 2 unspecified atom stereocenters. The van der Waals surface area contributed by atoms with Crippen LogP contribution in [-0.2, 0) is 9.59 Å². The Kier molecular flexibility index (Phi) is 5.83. The fourth-order valence-corrected chi connectivity index (χ4v) is 1.50. The van der Waals surface area contributed by atoms with E-state index in [0.717, 1.165) is 0 Å². The van der Waals surface area contributed by atoms with E-state index in [2.05, 4.69) is 0 Å². The zero-order valence-electron chi connectivity index (χ0n) is 11.6. The average Bonchev–Trinajstić information content (AvgIpc) is 2.44. The zero-order chi connectivity index (χ0) is 16.0. The van der Waals surface area contributed by atoms with Gasteiger partial charge in [-0.3, -0.25) is 9.59 Å². The van der Waals surface area contributed by atoms with Gasteiger partial charge in [0.15, 0.2) is 17.9 Å². The van der Waals surface area contributed by atoms with Crippen molar-refractivity contribution in [3.05, 3.63) is 29.8 Å². The summed E-state index contributed by atoms with van der Waals surface area (Å²) in [7, 11) is 0. The third kappa shape index (κ3) is 4.87. The Balaban J connectivity index is 2.70. The number of nitrogens with one attached hydrogen (secondary N) is 1. The molecule has 114 valence electrons. The predicted molar refractivity (Wildman–Crippen MR) is 72.1 cm³/mol. The molecule has 0 bridgehead atoms. The van der Waals surface area contributed by atoms with Crippen molar-refractivity contribution in [2.24, 2.45) is 0 Å². The summed E-state index contributed by atoms with van der Waals surface area (Å²) in [6.45, 7) is 1.58. The van der Waals surface area contributed by atoms with Crippen LogP contribution in [0.4, 0.5) is 4.39 Å². The molecule has 7 heteroatoms. The highest BCUT2D eigenvalue weighted by atomic mass is 19.1. The van der Waals surface area contributed by atoms with Crippen LogP contribution >= 0.6 is 0 Å². The first-order chi connectivity index (χ1) is 9.85. The van der Waals surface area contributed by atoms with E-state index >= 15 is 0 Å². The first-order valence-corrected chi connectivity index (χ1v) is 6.22. The molecule has 0 spiro atoms. The summed E-state index contributed by atoms with van der Waals surface area (Å²) in [5.41, 5.74) is 0.423. The molecule has 2 N–H and O–H groups in total. The number of carbonyl (C=O) groups is 3. The van der Waals surface area contributed by atoms with Gasteiger partial charge in [0.2, 0.25) is 0 Å². The minimum atomic E-state index is -1.60. The van der Waals surface area contributed by atoms with Gasteiger partial charge in [-0.25, -0.2) is 9.18 Å². The summed E-state index contributed by atoms with van der Waals surface area (Å²) in [5.74, 6) is -2.08. The van der Waals surface area contributed by atoms with Gasteiger partial charge in [-0.1, -0.05) is 12.1 Å². The Morgan fingerprint density at radius 1 is 1.38 bits per heavy atom. The molecule has 21 heavy (non-hydrogen) atoms. The number of carboxylic acids is 1. The first-order valence-electron chi connectivity index (χ1n) is 6.22. The van der Waals surface area contributed by atoms with E-state index in [-0.39, 0.29) is 11.5 Å². The van der Waals surface area contributed by atoms with Crippen LogP contribution in [0.25, 0.3) is 0 Å². The Morgan fingerprint density at radius 2 is 2.05 bits per heavy atom. The number of alkyl halides is 1. The van der Waals surface area contributed by atoms with Crippen LogP contribution in [-0.4, -0.2) is 41.6 Å². The smallest absolute Gasteiger partial charge is 0.328 e. The summed E-state index contributed by atoms with van der Waals surface area (Å²) in [6.07, 6.45) is -1.03. The molecule has 1 rings (SSSR count). The number of halogens is 1. The summed E-state index contributed by atoms with van der Waals surface area (Å²) in [4.78, 5) is 33.6. The van der Waals surface area contributed by atoms with E-state index in [4.69, 9.17) is 9.84 Å². The van der Waals surface area contributed by atoms with Gasteiger partial charge in [0, 0.05) is 5.56 Å². The second-order valence-electron chi connectivity index (χ2n) is 4.40. The highest BCUT2D eigenvalue weighted by Crippen LogP contribution is 2.15. The highest BCUT2D eigenvalue weighted by Gasteiger charge is 2.23. The molecule has 1 aromatic carbocycles. The van der Waals surface area contributed by atoms with Crippen LogP contribution in [0.3, 0.4) is 0 Å². The van der Waals surface area contributed by atoms with Crippen LogP contribution in [0.5, 0.6) is 5.75 Å². The third-order valence-corrected chi connectivity index (χ3v) is 2.69. The predicted octanol–water partition coefficient (Wildman–Crippen LogP) is 1.20.